The highest BCUT2D eigenvalue weighted by Gasteiger charge is 2.08. The van der Waals surface area contributed by atoms with Gasteiger partial charge in [0.05, 0.1) is 27.7 Å². The van der Waals surface area contributed by atoms with Crippen molar-refractivity contribution >= 4 is 11.9 Å². The van der Waals surface area contributed by atoms with Gasteiger partial charge in [-0.3, -0.25) is 4.79 Å². The van der Waals surface area contributed by atoms with Crippen molar-refractivity contribution in [3.63, 3.8) is 0 Å². The Morgan fingerprint density at radius 3 is 2.29 bits per heavy atom. The maximum atomic E-state index is 11.7. The molecule has 1 aromatic carbocycles. The summed E-state index contributed by atoms with van der Waals surface area (Å²) in [5.74, 6) is -0.347. The van der Waals surface area contributed by atoms with Crippen LogP contribution in [0.5, 0.6) is 11.5 Å². The molecule has 1 atom stereocenters. The van der Waals surface area contributed by atoms with Crippen LogP contribution in [0.2, 0.25) is 0 Å². The molecular formula is C21H36N2O5. The molecule has 0 radical (unpaired) electrons. The van der Waals surface area contributed by atoms with E-state index in [9.17, 15) is 14.7 Å². The highest BCUT2D eigenvalue weighted by atomic mass is 16.5. The molecule has 0 heterocycles. The fourth-order valence-corrected chi connectivity index (χ4v) is 2.14. The minimum Gasteiger partial charge on any atom is -0.550 e. The first-order valence-electron chi connectivity index (χ1n) is 9.86. The van der Waals surface area contributed by atoms with Crippen LogP contribution in [-0.4, -0.2) is 52.3 Å². The van der Waals surface area contributed by atoms with E-state index in [4.69, 9.17) is 9.47 Å². The van der Waals surface area contributed by atoms with Crippen molar-refractivity contribution in [3.8, 4) is 11.5 Å². The Hall–Kier alpha value is -2.28. The minimum atomic E-state index is -1.20. The molecule has 0 unspecified atom stereocenters. The summed E-state index contributed by atoms with van der Waals surface area (Å²) in [5.41, 5.74) is 0. The first-order chi connectivity index (χ1) is 13.2. The quantitative estimate of drug-likeness (QED) is 0.500. The molecule has 0 aromatic heterocycles. The van der Waals surface area contributed by atoms with Gasteiger partial charge in [-0.05, 0) is 25.5 Å². The highest BCUT2D eigenvalue weighted by Crippen LogP contribution is 2.19. The van der Waals surface area contributed by atoms with Gasteiger partial charge >= 0.3 is 0 Å². The topological polar surface area (TPSA) is 92.1 Å². The number of rotatable bonds is 12. The molecule has 28 heavy (non-hydrogen) atoms. The maximum absolute atomic E-state index is 11.7. The fraction of sp³-hybridized carbons (Fsp3) is 0.619. The number of unbranched alkanes of at least 4 members (excludes halogenated alkanes) is 3. The summed E-state index contributed by atoms with van der Waals surface area (Å²) in [4.78, 5) is 23.5. The average Bonchev–Trinajstić information content (AvgIpc) is 2.59. The Balaban J connectivity index is 0.00000165. The van der Waals surface area contributed by atoms with Crippen LogP contribution >= 0.6 is 0 Å². The van der Waals surface area contributed by atoms with Crippen molar-refractivity contribution in [2.24, 2.45) is 0 Å². The summed E-state index contributed by atoms with van der Waals surface area (Å²) in [6, 6.07) is 6.62. The average molecular weight is 397 g/mol. The summed E-state index contributed by atoms with van der Waals surface area (Å²) in [5, 5.41) is 13.0. The number of benzene rings is 1. The van der Waals surface area contributed by atoms with Crippen molar-refractivity contribution < 1.29 is 29.1 Å². The van der Waals surface area contributed by atoms with Crippen LogP contribution in [0.4, 0.5) is 0 Å². The van der Waals surface area contributed by atoms with Gasteiger partial charge in [0.1, 0.15) is 11.5 Å². The molecule has 2 N–H and O–H groups in total. The van der Waals surface area contributed by atoms with Crippen molar-refractivity contribution in [1.29, 1.82) is 0 Å². The molecule has 1 rings (SSSR count). The van der Waals surface area contributed by atoms with Crippen molar-refractivity contribution in [2.45, 2.75) is 52.0 Å². The van der Waals surface area contributed by atoms with E-state index in [1.807, 2.05) is 6.07 Å². The number of hydrogen-bond donors (Lipinski definition) is 2. The van der Waals surface area contributed by atoms with Crippen molar-refractivity contribution in [3.05, 3.63) is 24.3 Å². The zero-order valence-corrected chi connectivity index (χ0v) is 17.9. The number of carboxylic acid groups (broad SMARTS) is 1. The number of carboxylic acids is 1. The predicted molar refractivity (Wildman–Crippen MR) is 108 cm³/mol. The third-order valence-electron chi connectivity index (χ3n) is 3.32. The molecule has 0 saturated heterocycles. The second kappa shape index (κ2) is 15.7. The van der Waals surface area contributed by atoms with Gasteiger partial charge in [0.2, 0.25) is 0 Å². The zero-order valence-electron chi connectivity index (χ0n) is 17.9. The largest absolute Gasteiger partial charge is 0.550 e. The van der Waals surface area contributed by atoms with Crippen LogP contribution in [0.25, 0.3) is 0 Å². The maximum Gasteiger partial charge on any atom is 0.258 e. The number of amides is 1. The second-order valence-corrected chi connectivity index (χ2v) is 7.22. The summed E-state index contributed by atoms with van der Waals surface area (Å²) in [6.45, 7) is 4.24. The lowest BCUT2D eigenvalue weighted by Crippen LogP contribution is -3.02. The number of ether oxygens (including phenoxy) is 2. The van der Waals surface area contributed by atoms with E-state index < -0.39 is 12.0 Å². The molecule has 160 valence electrons. The Morgan fingerprint density at radius 1 is 1.11 bits per heavy atom. The molecule has 1 aromatic rings. The van der Waals surface area contributed by atoms with Crippen molar-refractivity contribution in [2.75, 3.05) is 34.4 Å². The van der Waals surface area contributed by atoms with E-state index in [0.29, 0.717) is 18.1 Å². The number of hydrogen-bond acceptors (Lipinski definition) is 5. The van der Waals surface area contributed by atoms with Gasteiger partial charge in [-0.15, -0.1) is 0 Å². The predicted octanol–water partition coefficient (Wildman–Crippen LogP) is 0.430. The lowest BCUT2D eigenvalue weighted by atomic mass is 10.2. The van der Waals surface area contributed by atoms with Gasteiger partial charge in [-0.1, -0.05) is 32.3 Å². The van der Waals surface area contributed by atoms with E-state index in [-0.39, 0.29) is 18.9 Å². The minimum absolute atomic E-state index is 0.183. The second-order valence-electron chi connectivity index (χ2n) is 7.22. The zero-order chi connectivity index (χ0) is 21.4. The van der Waals surface area contributed by atoms with Crippen LogP contribution in [0.1, 0.15) is 46.0 Å². The molecule has 1 amide bonds. The summed E-state index contributed by atoms with van der Waals surface area (Å²) < 4.78 is 11.1. The smallest absolute Gasteiger partial charge is 0.258 e. The number of carbonyl (C=O) groups is 2. The monoisotopic (exact) mass is 396 g/mol. The van der Waals surface area contributed by atoms with E-state index in [1.165, 1.54) is 17.7 Å². The van der Waals surface area contributed by atoms with Crippen LogP contribution < -0.4 is 24.8 Å². The van der Waals surface area contributed by atoms with Crippen LogP contribution in [0, 0.1) is 0 Å². The standard InChI is InChI=1S/C18H27NO5.C3H9N/c1-3-4-5-6-10-23-15-8-7-9-16(12-15)24-13-17(20)19-14(2)11-18(21)22;1-4(2)3/h7-9,12,14H,3-6,10-11,13H2,1-2H3,(H,19,20)(H,21,22);1-3H3/t14-;/m1./s1. The Labute approximate surface area is 169 Å². The van der Waals surface area contributed by atoms with Gasteiger partial charge in [0, 0.05) is 24.5 Å². The van der Waals surface area contributed by atoms with Gasteiger partial charge in [0.15, 0.2) is 6.61 Å². The number of nitrogens with one attached hydrogen (secondary N) is 2. The van der Waals surface area contributed by atoms with Gasteiger partial charge in [-0.2, -0.15) is 0 Å². The Kier molecular flexibility index (Phi) is 14.5. The number of carbonyl (C=O) groups excluding carboxylic acids is 2. The van der Waals surface area contributed by atoms with Gasteiger partial charge in [-0.25, -0.2) is 0 Å². The molecule has 0 aliphatic carbocycles. The molecule has 0 bridgehead atoms. The highest BCUT2D eigenvalue weighted by molar-refractivity contribution is 5.78. The third kappa shape index (κ3) is 15.9. The van der Waals surface area contributed by atoms with Gasteiger partial charge < -0.3 is 29.6 Å². The number of quaternary nitrogens is 1. The van der Waals surface area contributed by atoms with Crippen LogP contribution in [0.3, 0.4) is 0 Å². The Morgan fingerprint density at radius 2 is 1.71 bits per heavy atom. The van der Waals surface area contributed by atoms with Gasteiger partial charge in [0.25, 0.3) is 5.91 Å². The lowest BCUT2D eigenvalue weighted by Gasteiger charge is -2.15. The van der Waals surface area contributed by atoms with E-state index in [1.54, 1.807) is 25.1 Å². The van der Waals surface area contributed by atoms with E-state index in [0.717, 1.165) is 12.8 Å². The molecule has 0 spiro atoms. The lowest BCUT2D eigenvalue weighted by molar-refractivity contribution is -0.836. The SMILES string of the molecule is CCCCCCOc1cccc(OCC(=O)N[C@H](C)CC(=O)[O-])c1.C[NH+](C)C. The Bertz CT molecular complexity index is 561. The summed E-state index contributed by atoms with van der Waals surface area (Å²) >= 11 is 0. The van der Waals surface area contributed by atoms with Crippen molar-refractivity contribution in [1.82, 2.24) is 5.32 Å². The van der Waals surface area contributed by atoms with Crippen LogP contribution in [0.15, 0.2) is 24.3 Å². The fourth-order valence-electron chi connectivity index (χ4n) is 2.14. The first kappa shape index (κ1) is 25.7. The van der Waals surface area contributed by atoms with E-state index in [2.05, 4.69) is 33.4 Å². The van der Waals surface area contributed by atoms with Crippen LogP contribution in [-0.2, 0) is 9.59 Å². The molecule has 0 aliphatic heterocycles. The molecular weight excluding hydrogens is 360 g/mol. The molecule has 0 aliphatic rings. The number of aliphatic carboxylic acids is 1. The molecule has 7 heteroatoms. The normalized spacial score (nSPS) is 11.2. The third-order valence-corrected chi connectivity index (χ3v) is 3.32. The van der Waals surface area contributed by atoms with E-state index >= 15 is 0 Å². The molecule has 0 fully saturated rings. The molecule has 7 nitrogen and oxygen atoms in total. The summed E-state index contributed by atoms with van der Waals surface area (Å²) in [6.07, 6.45) is 4.33. The summed E-state index contributed by atoms with van der Waals surface area (Å²) in [7, 11) is 6.25. The molecule has 0 saturated carbocycles. The first-order valence-corrected chi connectivity index (χ1v) is 9.86.